The van der Waals surface area contributed by atoms with E-state index in [1.807, 2.05) is 43.3 Å². The van der Waals surface area contributed by atoms with E-state index in [9.17, 15) is 4.79 Å². The number of hydrogen-bond acceptors (Lipinski definition) is 3. The van der Waals surface area contributed by atoms with Crippen LogP contribution in [0, 0.1) is 0 Å². The molecule has 3 atom stereocenters. The summed E-state index contributed by atoms with van der Waals surface area (Å²) in [5, 5.41) is 3.05. The van der Waals surface area contributed by atoms with Crippen molar-refractivity contribution in [2.45, 2.75) is 31.5 Å². The first kappa shape index (κ1) is 16.9. The third kappa shape index (κ3) is 3.65. The molecule has 0 aromatic heterocycles. The predicted octanol–water partition coefficient (Wildman–Crippen LogP) is 3.55. The molecule has 2 aliphatic heterocycles. The maximum absolute atomic E-state index is 12.2. The number of rotatable bonds is 5. The molecule has 0 aliphatic carbocycles. The molecule has 2 heterocycles. The molecule has 2 saturated heterocycles. The van der Waals surface area contributed by atoms with Crippen LogP contribution in [-0.2, 0) is 9.53 Å². The van der Waals surface area contributed by atoms with Crippen LogP contribution in [0.5, 0.6) is 0 Å². The molecule has 0 radical (unpaired) electrons. The monoisotopic (exact) mass is 348 g/mol. The van der Waals surface area contributed by atoms with Crippen LogP contribution < -0.4 is 10.2 Å². The normalized spacial score (nSPS) is 22.7. The summed E-state index contributed by atoms with van der Waals surface area (Å²) in [5.74, 6) is -0.0830. The summed E-state index contributed by atoms with van der Waals surface area (Å²) in [6.07, 6.45) is 4.93. The summed E-state index contributed by atoms with van der Waals surface area (Å²) in [4.78, 5) is 14.7. The largest absolute Gasteiger partial charge is 0.374 e. The van der Waals surface area contributed by atoms with Gasteiger partial charge in [0.05, 0.1) is 24.8 Å². The highest BCUT2D eigenvalue weighted by Crippen LogP contribution is 2.33. The van der Waals surface area contributed by atoms with Gasteiger partial charge >= 0.3 is 0 Å². The molecular weight excluding hydrogens is 324 g/mol. The lowest BCUT2D eigenvalue weighted by molar-refractivity contribution is -0.117. The highest BCUT2D eigenvalue weighted by atomic mass is 16.5. The molecule has 3 unspecified atom stereocenters. The number of fused-ring (bicyclic) bond motifs is 2. The number of nitrogens with zero attached hydrogens (tertiary/aromatic N) is 1. The number of carbonyl (C=O) groups excluding carboxylic acids is 1. The number of ether oxygens (including phenoxy) is 1. The third-order valence-corrected chi connectivity index (χ3v) is 5.19. The second-order valence-electron chi connectivity index (χ2n) is 7.07. The molecule has 2 fully saturated rings. The van der Waals surface area contributed by atoms with Crippen LogP contribution in [-0.4, -0.2) is 31.2 Å². The van der Waals surface area contributed by atoms with Crippen LogP contribution >= 0.6 is 0 Å². The van der Waals surface area contributed by atoms with E-state index in [2.05, 4.69) is 34.5 Å². The zero-order valence-electron chi connectivity index (χ0n) is 15.0. The Bertz CT molecular complexity index is 803. The van der Waals surface area contributed by atoms with Gasteiger partial charge in [-0.2, -0.15) is 0 Å². The Kier molecular flexibility index (Phi) is 4.76. The molecule has 134 valence electrons. The fourth-order valence-corrected chi connectivity index (χ4v) is 3.77. The molecule has 26 heavy (non-hydrogen) atoms. The molecular formula is C22H24N2O2. The van der Waals surface area contributed by atoms with Crippen molar-refractivity contribution < 1.29 is 9.53 Å². The molecule has 0 spiro atoms. The molecule has 4 nitrogen and oxygen atoms in total. The SMILES string of the molecule is CC(NC(=O)C=Cc1ccccc1)c1cccc(N2CC3CC2CO3)c1. The number of nitrogens with one attached hydrogen (secondary N) is 1. The summed E-state index contributed by atoms with van der Waals surface area (Å²) in [7, 11) is 0. The zero-order chi connectivity index (χ0) is 17.9. The summed E-state index contributed by atoms with van der Waals surface area (Å²) in [6.45, 7) is 3.81. The van der Waals surface area contributed by atoms with Crippen molar-refractivity contribution >= 4 is 17.7 Å². The molecule has 0 saturated carbocycles. The van der Waals surface area contributed by atoms with Crippen molar-refractivity contribution in [1.29, 1.82) is 0 Å². The minimum atomic E-state index is -0.0830. The second-order valence-corrected chi connectivity index (χ2v) is 7.07. The summed E-state index contributed by atoms with van der Waals surface area (Å²) in [6, 6.07) is 18.8. The van der Waals surface area contributed by atoms with Gasteiger partial charge in [0.2, 0.25) is 5.91 Å². The first-order valence-corrected chi connectivity index (χ1v) is 9.21. The van der Waals surface area contributed by atoms with E-state index < -0.39 is 0 Å². The van der Waals surface area contributed by atoms with Gasteiger partial charge in [-0.15, -0.1) is 0 Å². The van der Waals surface area contributed by atoms with Gasteiger partial charge in [-0.3, -0.25) is 4.79 Å². The first-order chi connectivity index (χ1) is 12.7. The van der Waals surface area contributed by atoms with E-state index in [-0.39, 0.29) is 11.9 Å². The van der Waals surface area contributed by atoms with Crippen molar-refractivity contribution in [1.82, 2.24) is 5.32 Å². The van der Waals surface area contributed by atoms with Gasteiger partial charge in [-0.25, -0.2) is 0 Å². The number of amides is 1. The maximum Gasteiger partial charge on any atom is 0.244 e. The van der Waals surface area contributed by atoms with Crippen molar-refractivity contribution in [3.05, 3.63) is 71.8 Å². The van der Waals surface area contributed by atoms with Gasteiger partial charge in [-0.05, 0) is 42.7 Å². The molecule has 2 aliphatic rings. The number of anilines is 1. The standard InChI is InChI=1S/C22H24N2O2/c1-16(23-22(25)11-10-17-6-3-2-4-7-17)18-8-5-9-19(12-18)24-14-21-13-20(24)15-26-21/h2-12,16,20-21H,13-15H2,1H3,(H,23,25). The molecule has 2 aromatic rings. The third-order valence-electron chi connectivity index (χ3n) is 5.19. The Morgan fingerprint density at radius 3 is 2.81 bits per heavy atom. The van der Waals surface area contributed by atoms with Crippen molar-refractivity contribution in [3.63, 3.8) is 0 Å². The van der Waals surface area contributed by atoms with E-state index in [0.29, 0.717) is 12.1 Å². The van der Waals surface area contributed by atoms with Gasteiger partial charge in [0.15, 0.2) is 0 Å². The fourth-order valence-electron chi connectivity index (χ4n) is 3.77. The first-order valence-electron chi connectivity index (χ1n) is 9.21. The number of carbonyl (C=O) groups is 1. The van der Waals surface area contributed by atoms with Gasteiger partial charge in [0.1, 0.15) is 0 Å². The number of hydrogen-bond donors (Lipinski definition) is 1. The Balaban J connectivity index is 1.40. The Morgan fingerprint density at radius 1 is 1.23 bits per heavy atom. The van der Waals surface area contributed by atoms with Crippen LogP contribution in [0.4, 0.5) is 5.69 Å². The lowest BCUT2D eigenvalue weighted by Gasteiger charge is -2.29. The maximum atomic E-state index is 12.2. The second kappa shape index (κ2) is 7.34. The van der Waals surface area contributed by atoms with Crippen molar-refractivity contribution in [2.75, 3.05) is 18.1 Å². The highest BCUT2D eigenvalue weighted by Gasteiger charge is 2.39. The lowest BCUT2D eigenvalue weighted by Crippen LogP contribution is -2.37. The van der Waals surface area contributed by atoms with Crippen molar-refractivity contribution in [3.8, 4) is 0 Å². The molecule has 4 heteroatoms. The Hall–Kier alpha value is -2.59. The van der Waals surface area contributed by atoms with E-state index in [0.717, 1.165) is 30.7 Å². The highest BCUT2D eigenvalue weighted by molar-refractivity contribution is 5.92. The summed E-state index contributed by atoms with van der Waals surface area (Å²) >= 11 is 0. The molecule has 4 rings (SSSR count). The Morgan fingerprint density at radius 2 is 2.08 bits per heavy atom. The molecule has 1 amide bonds. The summed E-state index contributed by atoms with van der Waals surface area (Å²) < 4.78 is 5.69. The number of benzene rings is 2. The lowest BCUT2D eigenvalue weighted by atomic mass is 10.1. The predicted molar refractivity (Wildman–Crippen MR) is 104 cm³/mol. The number of morpholine rings is 1. The van der Waals surface area contributed by atoms with Crippen molar-refractivity contribution in [2.24, 2.45) is 0 Å². The molecule has 1 N–H and O–H groups in total. The molecule has 2 aromatic carbocycles. The van der Waals surface area contributed by atoms with E-state index in [1.165, 1.54) is 5.69 Å². The van der Waals surface area contributed by atoms with E-state index in [1.54, 1.807) is 6.08 Å². The van der Waals surface area contributed by atoms with Crippen LogP contribution in [0.15, 0.2) is 60.7 Å². The zero-order valence-corrected chi connectivity index (χ0v) is 15.0. The van der Waals surface area contributed by atoms with Gasteiger partial charge in [0.25, 0.3) is 0 Å². The van der Waals surface area contributed by atoms with E-state index in [4.69, 9.17) is 4.74 Å². The van der Waals surface area contributed by atoms with Gasteiger partial charge < -0.3 is 15.0 Å². The van der Waals surface area contributed by atoms with Crippen LogP contribution in [0.1, 0.15) is 30.5 Å². The minimum absolute atomic E-state index is 0.0427. The summed E-state index contributed by atoms with van der Waals surface area (Å²) in [5.41, 5.74) is 3.36. The molecule has 2 bridgehead atoms. The smallest absolute Gasteiger partial charge is 0.244 e. The van der Waals surface area contributed by atoms with E-state index >= 15 is 0 Å². The fraction of sp³-hybridized carbons (Fsp3) is 0.318. The Labute approximate surface area is 154 Å². The average Bonchev–Trinajstić information content (AvgIpc) is 3.31. The minimum Gasteiger partial charge on any atom is -0.374 e. The topological polar surface area (TPSA) is 41.6 Å². The quantitative estimate of drug-likeness (QED) is 0.840. The van der Waals surface area contributed by atoms with Crippen LogP contribution in [0.25, 0.3) is 6.08 Å². The van der Waals surface area contributed by atoms with Gasteiger partial charge in [-0.1, -0.05) is 42.5 Å². The van der Waals surface area contributed by atoms with Crippen LogP contribution in [0.2, 0.25) is 0 Å². The van der Waals surface area contributed by atoms with Crippen LogP contribution in [0.3, 0.4) is 0 Å². The van der Waals surface area contributed by atoms with Gasteiger partial charge in [0, 0.05) is 18.3 Å². The average molecular weight is 348 g/mol.